The fraction of sp³-hybridized carbons (Fsp3) is 0.167. The first-order valence-corrected chi connectivity index (χ1v) is 12.1. The van der Waals surface area contributed by atoms with E-state index in [2.05, 4.69) is 0 Å². The average molecular weight is 488 g/mol. The third kappa shape index (κ3) is 2.25. The SMILES string of the molecule is CN1C[C@@H](c2ccccc2[N+](=O)[O-])C2(C(=O)c3ccccc3C2=O)[C@]12C(=O)c1cccc3cccc2c13. The number of nitro benzene ring substituents is 1. The second-order valence-corrected chi connectivity index (χ2v) is 10.0. The maximum absolute atomic E-state index is 14.6. The first-order valence-electron chi connectivity index (χ1n) is 12.1. The van der Waals surface area contributed by atoms with Crippen molar-refractivity contribution in [3.8, 4) is 0 Å². The van der Waals surface area contributed by atoms with Gasteiger partial charge in [0.15, 0.2) is 17.3 Å². The summed E-state index contributed by atoms with van der Waals surface area (Å²) in [5.74, 6) is -2.16. The van der Waals surface area contributed by atoms with Gasteiger partial charge in [-0.05, 0) is 23.4 Å². The van der Waals surface area contributed by atoms with E-state index in [-0.39, 0.29) is 34.7 Å². The lowest BCUT2D eigenvalue weighted by molar-refractivity contribution is -0.385. The molecule has 7 heteroatoms. The Bertz CT molecular complexity index is 1700. The molecule has 0 saturated carbocycles. The van der Waals surface area contributed by atoms with Crippen molar-refractivity contribution in [2.75, 3.05) is 13.6 Å². The van der Waals surface area contributed by atoms with Crippen molar-refractivity contribution in [2.24, 2.45) is 5.41 Å². The van der Waals surface area contributed by atoms with E-state index >= 15 is 0 Å². The molecule has 0 N–H and O–H groups in total. The van der Waals surface area contributed by atoms with E-state index in [4.69, 9.17) is 0 Å². The van der Waals surface area contributed by atoms with Crippen molar-refractivity contribution in [2.45, 2.75) is 11.5 Å². The molecular formula is C30H20N2O5. The minimum atomic E-state index is -1.90. The molecule has 1 heterocycles. The van der Waals surface area contributed by atoms with E-state index in [0.29, 0.717) is 11.1 Å². The summed E-state index contributed by atoms with van der Waals surface area (Å²) >= 11 is 0. The van der Waals surface area contributed by atoms with Crippen LogP contribution in [-0.2, 0) is 5.54 Å². The van der Waals surface area contributed by atoms with Crippen molar-refractivity contribution in [1.29, 1.82) is 0 Å². The molecule has 2 spiro atoms. The molecule has 0 aromatic heterocycles. The average Bonchev–Trinajstić information content (AvgIpc) is 3.43. The maximum atomic E-state index is 14.6. The van der Waals surface area contributed by atoms with Crippen molar-refractivity contribution in [1.82, 2.24) is 4.90 Å². The number of Topliss-reactive ketones (excluding diaryl/α,β-unsaturated/α-hetero) is 3. The molecule has 2 aliphatic carbocycles. The molecule has 0 bridgehead atoms. The lowest BCUT2D eigenvalue weighted by atomic mass is 9.57. The molecular weight excluding hydrogens is 468 g/mol. The first kappa shape index (κ1) is 21.8. The molecule has 1 aliphatic heterocycles. The molecule has 2 atom stereocenters. The van der Waals surface area contributed by atoms with Crippen LogP contribution in [0.3, 0.4) is 0 Å². The molecule has 3 aliphatic rings. The summed E-state index contributed by atoms with van der Waals surface area (Å²) in [5.41, 5.74) is -1.87. The number of carbonyl (C=O) groups excluding carboxylic acids is 3. The predicted molar refractivity (Wildman–Crippen MR) is 136 cm³/mol. The third-order valence-corrected chi connectivity index (χ3v) is 8.63. The standard InChI is InChI=1S/C30H20N2O5/c1-31-16-23(20-12-4-5-15-24(20)32(36)37)29(26(33)18-10-2-3-11-19(18)27(29)34)30(31)22-14-7-9-17-8-6-13-21(25(17)22)28(30)35/h2-15,23H,16H2,1H3/t23-,30-/m0/s1. The van der Waals surface area contributed by atoms with Gasteiger partial charge in [-0.15, -0.1) is 0 Å². The molecule has 0 unspecified atom stereocenters. The zero-order valence-corrected chi connectivity index (χ0v) is 19.8. The van der Waals surface area contributed by atoms with E-state index in [1.54, 1.807) is 66.5 Å². The summed E-state index contributed by atoms with van der Waals surface area (Å²) in [6.45, 7) is 0.117. The number of ketones is 3. The van der Waals surface area contributed by atoms with Crippen LogP contribution in [0.1, 0.15) is 48.1 Å². The van der Waals surface area contributed by atoms with Crippen molar-refractivity contribution in [3.63, 3.8) is 0 Å². The maximum Gasteiger partial charge on any atom is 0.272 e. The fourth-order valence-corrected chi connectivity index (χ4v) is 7.35. The van der Waals surface area contributed by atoms with Crippen LogP contribution in [0.15, 0.2) is 84.9 Å². The Morgan fingerprint density at radius 2 is 1.38 bits per heavy atom. The molecule has 0 radical (unpaired) electrons. The minimum absolute atomic E-state index is 0.117. The summed E-state index contributed by atoms with van der Waals surface area (Å²) in [5, 5.41) is 13.7. The molecule has 1 saturated heterocycles. The van der Waals surface area contributed by atoms with Gasteiger partial charge in [-0.2, -0.15) is 0 Å². The van der Waals surface area contributed by atoms with E-state index in [0.717, 1.165) is 10.8 Å². The highest BCUT2D eigenvalue weighted by molar-refractivity contribution is 6.36. The van der Waals surface area contributed by atoms with Crippen molar-refractivity contribution < 1.29 is 19.3 Å². The zero-order chi connectivity index (χ0) is 25.7. The van der Waals surface area contributed by atoms with Crippen LogP contribution in [0.2, 0.25) is 0 Å². The molecule has 7 rings (SSSR count). The van der Waals surface area contributed by atoms with Crippen LogP contribution >= 0.6 is 0 Å². The van der Waals surface area contributed by atoms with E-state index in [9.17, 15) is 24.5 Å². The summed E-state index contributed by atoms with van der Waals surface area (Å²) in [4.78, 5) is 57.3. The molecule has 180 valence electrons. The van der Waals surface area contributed by atoms with Gasteiger partial charge >= 0.3 is 0 Å². The molecule has 4 aromatic rings. The number of hydrogen-bond donors (Lipinski definition) is 0. The van der Waals surface area contributed by atoms with E-state index < -0.39 is 33.4 Å². The number of likely N-dealkylation sites (N-methyl/N-ethyl adjacent to an activating group) is 1. The van der Waals surface area contributed by atoms with Gasteiger partial charge < -0.3 is 0 Å². The summed E-state index contributed by atoms with van der Waals surface area (Å²) in [7, 11) is 1.74. The van der Waals surface area contributed by atoms with Gasteiger partial charge in [0.25, 0.3) is 5.69 Å². The summed E-state index contributed by atoms with van der Waals surface area (Å²) < 4.78 is 0. The Labute approximate surface area is 211 Å². The van der Waals surface area contributed by atoms with Crippen molar-refractivity contribution in [3.05, 3.63) is 123 Å². The summed E-state index contributed by atoms with van der Waals surface area (Å²) in [6, 6.07) is 23.8. The zero-order valence-electron chi connectivity index (χ0n) is 19.8. The van der Waals surface area contributed by atoms with Crippen LogP contribution in [0.4, 0.5) is 5.69 Å². The van der Waals surface area contributed by atoms with Gasteiger partial charge in [-0.3, -0.25) is 29.4 Å². The van der Waals surface area contributed by atoms with Gasteiger partial charge in [-0.1, -0.05) is 78.9 Å². The van der Waals surface area contributed by atoms with Crippen LogP contribution in [0.5, 0.6) is 0 Å². The number of likely N-dealkylation sites (tertiary alicyclic amines) is 1. The van der Waals surface area contributed by atoms with Crippen LogP contribution in [0, 0.1) is 15.5 Å². The number of nitro groups is 1. The highest BCUT2D eigenvalue weighted by atomic mass is 16.6. The Balaban J connectivity index is 1.64. The van der Waals surface area contributed by atoms with E-state index in [1.165, 1.54) is 6.07 Å². The third-order valence-electron chi connectivity index (χ3n) is 8.63. The van der Waals surface area contributed by atoms with Gasteiger partial charge in [-0.25, -0.2) is 0 Å². The second-order valence-electron chi connectivity index (χ2n) is 10.0. The Morgan fingerprint density at radius 3 is 2.05 bits per heavy atom. The largest absolute Gasteiger partial charge is 0.293 e. The molecule has 4 aromatic carbocycles. The number of hydrogen-bond acceptors (Lipinski definition) is 6. The highest BCUT2D eigenvalue weighted by Gasteiger charge is 2.78. The minimum Gasteiger partial charge on any atom is -0.293 e. The topological polar surface area (TPSA) is 97.6 Å². The van der Waals surface area contributed by atoms with Gasteiger partial charge in [0, 0.05) is 40.8 Å². The number of nitrogens with zero attached hydrogens (tertiary/aromatic N) is 2. The number of para-hydroxylation sites is 1. The normalized spacial score (nSPS) is 23.5. The number of carbonyl (C=O) groups is 3. The molecule has 0 amide bonds. The smallest absolute Gasteiger partial charge is 0.272 e. The molecule has 37 heavy (non-hydrogen) atoms. The Hall–Kier alpha value is -4.49. The molecule has 1 fully saturated rings. The van der Waals surface area contributed by atoms with Crippen molar-refractivity contribution >= 4 is 33.8 Å². The first-order chi connectivity index (χ1) is 17.9. The second kappa shape index (κ2) is 7.05. The van der Waals surface area contributed by atoms with Crippen LogP contribution < -0.4 is 0 Å². The Kier molecular flexibility index (Phi) is 4.15. The summed E-state index contributed by atoms with van der Waals surface area (Å²) in [6.07, 6.45) is 0. The highest BCUT2D eigenvalue weighted by Crippen LogP contribution is 2.67. The van der Waals surface area contributed by atoms with Crippen LogP contribution in [0.25, 0.3) is 10.8 Å². The predicted octanol–water partition coefficient (Wildman–Crippen LogP) is 4.93. The lowest BCUT2D eigenvalue weighted by Gasteiger charge is -2.43. The monoisotopic (exact) mass is 488 g/mol. The lowest BCUT2D eigenvalue weighted by Crippen LogP contribution is -2.59. The van der Waals surface area contributed by atoms with Gasteiger partial charge in [0.2, 0.25) is 0 Å². The van der Waals surface area contributed by atoms with Gasteiger partial charge in [0.05, 0.1) is 4.92 Å². The van der Waals surface area contributed by atoms with E-state index in [1.807, 2.05) is 24.3 Å². The fourth-order valence-electron chi connectivity index (χ4n) is 7.35. The number of benzene rings is 4. The van der Waals surface area contributed by atoms with Crippen LogP contribution in [-0.4, -0.2) is 40.8 Å². The van der Waals surface area contributed by atoms with Gasteiger partial charge in [0.1, 0.15) is 11.0 Å². The Morgan fingerprint density at radius 1 is 0.784 bits per heavy atom. The quantitative estimate of drug-likeness (QED) is 0.225. The number of rotatable bonds is 2. The number of fused-ring (bicyclic) bond motifs is 3. The molecule has 7 nitrogen and oxygen atoms in total.